The first kappa shape index (κ1) is 11.4. The minimum Gasteiger partial charge on any atom is -0.353 e. The monoisotopic (exact) mass is 221 g/mol. The molecule has 1 saturated heterocycles. The molecule has 1 aliphatic heterocycles. The smallest absolute Gasteiger partial charge is 0.280 e. The van der Waals surface area contributed by atoms with Gasteiger partial charge >= 0.3 is 0 Å². The highest BCUT2D eigenvalue weighted by Gasteiger charge is 2.43. The van der Waals surface area contributed by atoms with Crippen LogP contribution >= 0.6 is 0 Å². The molecule has 0 unspecified atom stereocenters. The third-order valence-electron chi connectivity index (χ3n) is 2.33. The molecule has 0 radical (unpaired) electrons. The maximum Gasteiger partial charge on any atom is 0.280 e. The fourth-order valence-corrected chi connectivity index (χ4v) is 2.65. The normalized spacial score (nSPS) is 23.2. The van der Waals surface area contributed by atoms with E-state index in [4.69, 9.17) is 0 Å². The molecule has 0 bridgehead atoms. The molecule has 1 aliphatic rings. The quantitative estimate of drug-likeness (QED) is 0.606. The summed E-state index contributed by atoms with van der Waals surface area (Å²) in [7, 11) is -2.21. The Kier molecular flexibility index (Phi) is 2.84. The standard InChI is InChI=1S/C7H15N3O3S/c1-7(2)6(11)9-4-5-10(7)14(12,13)8-3/h8H,4-5H2,1-3H3,(H,9,11). The molecule has 1 rings (SSSR count). The van der Waals surface area contributed by atoms with Crippen molar-refractivity contribution in [3.63, 3.8) is 0 Å². The lowest BCUT2D eigenvalue weighted by Crippen LogP contribution is -2.64. The Hall–Kier alpha value is -0.660. The molecule has 1 heterocycles. The number of hydrogen-bond donors (Lipinski definition) is 2. The number of hydrogen-bond acceptors (Lipinski definition) is 3. The van der Waals surface area contributed by atoms with Crippen LogP contribution in [0, 0.1) is 0 Å². The molecule has 1 fully saturated rings. The fraction of sp³-hybridized carbons (Fsp3) is 0.857. The Bertz CT molecular complexity index is 336. The summed E-state index contributed by atoms with van der Waals surface area (Å²) < 4.78 is 26.5. The molecule has 0 aromatic rings. The van der Waals surface area contributed by atoms with Crippen molar-refractivity contribution in [2.75, 3.05) is 20.1 Å². The van der Waals surface area contributed by atoms with Gasteiger partial charge in [0.2, 0.25) is 5.91 Å². The summed E-state index contributed by atoms with van der Waals surface area (Å²) in [5, 5.41) is 2.63. The van der Waals surface area contributed by atoms with Crippen molar-refractivity contribution in [3.8, 4) is 0 Å². The predicted molar refractivity (Wildman–Crippen MR) is 51.8 cm³/mol. The summed E-state index contributed by atoms with van der Waals surface area (Å²) in [6, 6.07) is 0. The van der Waals surface area contributed by atoms with Crippen molar-refractivity contribution >= 4 is 16.1 Å². The van der Waals surface area contributed by atoms with E-state index >= 15 is 0 Å². The van der Waals surface area contributed by atoms with Crippen LogP contribution in [0.1, 0.15) is 13.8 Å². The lowest BCUT2D eigenvalue weighted by Gasteiger charge is -2.39. The zero-order valence-electron chi connectivity index (χ0n) is 8.49. The van der Waals surface area contributed by atoms with E-state index in [-0.39, 0.29) is 5.91 Å². The zero-order valence-corrected chi connectivity index (χ0v) is 9.31. The van der Waals surface area contributed by atoms with Gasteiger partial charge in [-0.25, -0.2) is 4.72 Å². The lowest BCUT2D eigenvalue weighted by atomic mass is 10.0. The van der Waals surface area contributed by atoms with Crippen LogP contribution in [-0.4, -0.2) is 44.3 Å². The van der Waals surface area contributed by atoms with Crippen molar-refractivity contribution in [1.82, 2.24) is 14.3 Å². The van der Waals surface area contributed by atoms with Gasteiger partial charge in [0.05, 0.1) is 0 Å². The molecule has 0 atom stereocenters. The molecule has 82 valence electrons. The minimum absolute atomic E-state index is 0.275. The van der Waals surface area contributed by atoms with Gasteiger partial charge in [-0.2, -0.15) is 12.7 Å². The summed E-state index contributed by atoms with van der Waals surface area (Å²) in [5.74, 6) is -0.275. The number of nitrogens with zero attached hydrogens (tertiary/aromatic N) is 1. The molecule has 7 heteroatoms. The summed E-state index contributed by atoms with van der Waals surface area (Å²) in [4.78, 5) is 11.4. The third kappa shape index (κ3) is 1.75. The van der Waals surface area contributed by atoms with Crippen molar-refractivity contribution in [2.24, 2.45) is 0 Å². The first-order valence-corrected chi connectivity index (χ1v) is 5.76. The van der Waals surface area contributed by atoms with E-state index in [1.165, 1.54) is 11.4 Å². The number of nitrogens with one attached hydrogen (secondary N) is 2. The summed E-state index contributed by atoms with van der Waals surface area (Å²) in [6.07, 6.45) is 0. The Morgan fingerprint density at radius 2 is 2.07 bits per heavy atom. The summed E-state index contributed by atoms with van der Waals surface area (Å²) in [6.45, 7) is 3.80. The largest absolute Gasteiger partial charge is 0.353 e. The molecule has 14 heavy (non-hydrogen) atoms. The fourth-order valence-electron chi connectivity index (χ4n) is 1.41. The van der Waals surface area contributed by atoms with E-state index in [1.54, 1.807) is 13.8 Å². The Morgan fingerprint density at radius 1 is 1.50 bits per heavy atom. The van der Waals surface area contributed by atoms with Gasteiger partial charge in [0.1, 0.15) is 5.54 Å². The van der Waals surface area contributed by atoms with Gasteiger partial charge in [0.15, 0.2) is 0 Å². The van der Waals surface area contributed by atoms with Crippen LogP contribution in [0.5, 0.6) is 0 Å². The second kappa shape index (κ2) is 3.48. The van der Waals surface area contributed by atoms with E-state index in [0.717, 1.165) is 0 Å². The molecule has 0 spiro atoms. The highest BCUT2D eigenvalue weighted by atomic mass is 32.2. The summed E-state index contributed by atoms with van der Waals surface area (Å²) in [5.41, 5.74) is -1.03. The second-order valence-electron chi connectivity index (χ2n) is 3.60. The summed E-state index contributed by atoms with van der Waals surface area (Å²) >= 11 is 0. The van der Waals surface area contributed by atoms with E-state index in [0.29, 0.717) is 13.1 Å². The van der Waals surface area contributed by atoms with Crippen LogP contribution in [0.2, 0.25) is 0 Å². The van der Waals surface area contributed by atoms with Gasteiger partial charge in [0, 0.05) is 20.1 Å². The number of carbonyl (C=O) groups is 1. The van der Waals surface area contributed by atoms with Gasteiger partial charge < -0.3 is 5.32 Å². The lowest BCUT2D eigenvalue weighted by molar-refractivity contribution is -0.131. The average Bonchev–Trinajstić information content (AvgIpc) is 2.09. The van der Waals surface area contributed by atoms with E-state index in [2.05, 4.69) is 10.0 Å². The van der Waals surface area contributed by atoms with Crippen molar-refractivity contribution in [1.29, 1.82) is 0 Å². The Morgan fingerprint density at radius 3 is 2.57 bits per heavy atom. The van der Waals surface area contributed by atoms with Crippen LogP contribution in [-0.2, 0) is 15.0 Å². The zero-order chi connectivity index (χ0) is 11.0. The molecule has 0 aromatic carbocycles. The minimum atomic E-state index is -3.54. The Labute approximate surface area is 83.8 Å². The number of piperazine rings is 1. The van der Waals surface area contributed by atoms with Gasteiger partial charge in [-0.1, -0.05) is 0 Å². The highest BCUT2D eigenvalue weighted by Crippen LogP contribution is 2.20. The van der Waals surface area contributed by atoms with Gasteiger partial charge in [-0.3, -0.25) is 4.79 Å². The van der Waals surface area contributed by atoms with E-state index < -0.39 is 15.7 Å². The number of rotatable bonds is 2. The van der Waals surface area contributed by atoms with Crippen LogP contribution < -0.4 is 10.0 Å². The maximum atomic E-state index is 11.6. The average molecular weight is 221 g/mol. The van der Waals surface area contributed by atoms with Gasteiger partial charge in [0.25, 0.3) is 10.2 Å². The van der Waals surface area contributed by atoms with E-state index in [1.807, 2.05) is 0 Å². The Balaban J connectivity index is 3.05. The molecule has 2 N–H and O–H groups in total. The number of amides is 1. The van der Waals surface area contributed by atoms with Crippen molar-refractivity contribution in [2.45, 2.75) is 19.4 Å². The first-order valence-electron chi connectivity index (χ1n) is 4.32. The van der Waals surface area contributed by atoms with E-state index in [9.17, 15) is 13.2 Å². The molecule has 0 aromatic heterocycles. The molecule has 1 amide bonds. The second-order valence-corrected chi connectivity index (χ2v) is 5.40. The van der Waals surface area contributed by atoms with Crippen LogP contribution in [0.25, 0.3) is 0 Å². The van der Waals surface area contributed by atoms with Crippen LogP contribution in [0.4, 0.5) is 0 Å². The predicted octanol–water partition coefficient (Wildman–Crippen LogP) is -1.34. The van der Waals surface area contributed by atoms with Gasteiger partial charge in [-0.15, -0.1) is 0 Å². The van der Waals surface area contributed by atoms with Crippen LogP contribution in [0.15, 0.2) is 0 Å². The molecule has 0 saturated carbocycles. The SMILES string of the molecule is CNS(=O)(=O)N1CCNC(=O)C1(C)C. The van der Waals surface area contributed by atoms with Crippen molar-refractivity contribution in [3.05, 3.63) is 0 Å². The number of carbonyl (C=O) groups excluding carboxylic acids is 1. The molecule has 6 nitrogen and oxygen atoms in total. The maximum absolute atomic E-state index is 11.6. The molecule has 0 aliphatic carbocycles. The van der Waals surface area contributed by atoms with Crippen molar-refractivity contribution < 1.29 is 13.2 Å². The topological polar surface area (TPSA) is 78.5 Å². The van der Waals surface area contributed by atoms with Crippen LogP contribution in [0.3, 0.4) is 0 Å². The first-order chi connectivity index (χ1) is 6.32. The highest BCUT2D eigenvalue weighted by molar-refractivity contribution is 7.87. The van der Waals surface area contributed by atoms with Gasteiger partial charge in [-0.05, 0) is 13.8 Å². The third-order valence-corrected chi connectivity index (χ3v) is 4.06. The molecular weight excluding hydrogens is 206 g/mol. The molecular formula is C7H15N3O3S.